The summed E-state index contributed by atoms with van der Waals surface area (Å²) in [6.45, 7) is 9.84. The standard InChI is InChI=1S/C26H28N2O5/c1-6-13-28-25(30)19(16-27)14-18-7-12-22(23(15-18)31-5)33-24(29)17-32-21-10-8-20(9-11-21)26(2,3)4/h6-12,14-15H,1,13,17H2,2-5H3,(H,28,30)/b19-14+. The first kappa shape index (κ1) is 25.2. The zero-order valence-corrected chi connectivity index (χ0v) is 19.3. The Morgan fingerprint density at radius 3 is 2.39 bits per heavy atom. The van der Waals surface area contributed by atoms with Crippen molar-refractivity contribution in [1.29, 1.82) is 5.26 Å². The average molecular weight is 449 g/mol. The maximum absolute atomic E-state index is 12.3. The van der Waals surface area contributed by atoms with Gasteiger partial charge in [-0.15, -0.1) is 6.58 Å². The number of methoxy groups -OCH3 is 1. The number of carbonyl (C=O) groups excluding carboxylic acids is 2. The number of nitrogens with one attached hydrogen (secondary N) is 1. The lowest BCUT2D eigenvalue weighted by Crippen LogP contribution is -2.24. The number of ether oxygens (including phenoxy) is 3. The predicted octanol–water partition coefficient (Wildman–Crippen LogP) is 4.19. The van der Waals surface area contributed by atoms with E-state index in [1.54, 1.807) is 12.1 Å². The van der Waals surface area contributed by atoms with E-state index < -0.39 is 11.9 Å². The number of rotatable bonds is 9. The molecule has 33 heavy (non-hydrogen) atoms. The van der Waals surface area contributed by atoms with E-state index in [-0.39, 0.29) is 35.6 Å². The molecule has 7 heteroatoms. The van der Waals surface area contributed by atoms with Gasteiger partial charge in [0, 0.05) is 6.54 Å². The zero-order valence-electron chi connectivity index (χ0n) is 19.3. The third kappa shape index (κ3) is 7.54. The molecular weight excluding hydrogens is 420 g/mol. The van der Waals surface area contributed by atoms with Crippen molar-refractivity contribution in [2.24, 2.45) is 0 Å². The molecule has 1 N–H and O–H groups in total. The third-order valence-electron chi connectivity index (χ3n) is 4.57. The average Bonchev–Trinajstić information content (AvgIpc) is 2.80. The minimum atomic E-state index is -0.599. The highest BCUT2D eigenvalue weighted by Crippen LogP contribution is 2.29. The first-order valence-corrected chi connectivity index (χ1v) is 10.3. The Balaban J connectivity index is 2.05. The molecule has 7 nitrogen and oxygen atoms in total. The molecule has 2 rings (SSSR count). The fourth-order valence-electron chi connectivity index (χ4n) is 2.78. The maximum atomic E-state index is 12.3. The summed E-state index contributed by atoms with van der Waals surface area (Å²) < 4.78 is 16.2. The Morgan fingerprint density at radius 1 is 1.12 bits per heavy atom. The molecule has 0 unspecified atom stereocenters. The molecular formula is C26H28N2O5. The summed E-state index contributed by atoms with van der Waals surface area (Å²) in [5, 5.41) is 11.8. The highest BCUT2D eigenvalue weighted by molar-refractivity contribution is 6.01. The summed E-state index contributed by atoms with van der Waals surface area (Å²) in [4.78, 5) is 24.3. The summed E-state index contributed by atoms with van der Waals surface area (Å²) in [6, 6.07) is 14.1. The summed E-state index contributed by atoms with van der Waals surface area (Å²) in [5.41, 5.74) is 1.65. The number of benzene rings is 2. The first-order valence-electron chi connectivity index (χ1n) is 10.3. The van der Waals surface area contributed by atoms with E-state index in [2.05, 4.69) is 32.7 Å². The van der Waals surface area contributed by atoms with Crippen LogP contribution >= 0.6 is 0 Å². The second kappa shape index (κ2) is 11.5. The van der Waals surface area contributed by atoms with Gasteiger partial charge in [-0.1, -0.05) is 45.0 Å². The Morgan fingerprint density at radius 2 is 1.82 bits per heavy atom. The number of esters is 1. The van der Waals surface area contributed by atoms with Gasteiger partial charge in [0.2, 0.25) is 0 Å². The van der Waals surface area contributed by atoms with Gasteiger partial charge in [0.15, 0.2) is 18.1 Å². The lowest BCUT2D eigenvalue weighted by molar-refractivity contribution is -0.136. The Hall–Kier alpha value is -4.05. The van der Waals surface area contributed by atoms with Gasteiger partial charge in [-0.3, -0.25) is 4.79 Å². The van der Waals surface area contributed by atoms with E-state index in [0.717, 1.165) is 5.56 Å². The SMILES string of the molecule is C=CCNC(=O)/C(C#N)=C/c1ccc(OC(=O)COc2ccc(C(C)(C)C)cc2)c(OC)c1. The predicted molar refractivity (Wildman–Crippen MR) is 126 cm³/mol. The van der Waals surface area contributed by atoms with Gasteiger partial charge in [0.25, 0.3) is 5.91 Å². The van der Waals surface area contributed by atoms with Crippen molar-refractivity contribution in [3.8, 4) is 23.3 Å². The first-order chi connectivity index (χ1) is 15.7. The van der Waals surface area contributed by atoms with Crippen LogP contribution < -0.4 is 19.5 Å². The molecule has 1 amide bonds. The minimum Gasteiger partial charge on any atom is -0.493 e. The number of hydrogen-bond acceptors (Lipinski definition) is 6. The molecule has 0 spiro atoms. The molecule has 0 fully saturated rings. The van der Waals surface area contributed by atoms with Crippen molar-refractivity contribution in [3.63, 3.8) is 0 Å². The topological polar surface area (TPSA) is 97.7 Å². The molecule has 2 aromatic rings. The number of hydrogen-bond donors (Lipinski definition) is 1. The van der Waals surface area contributed by atoms with Crippen molar-refractivity contribution < 1.29 is 23.8 Å². The van der Waals surface area contributed by atoms with Crippen molar-refractivity contribution in [3.05, 3.63) is 71.8 Å². The molecule has 0 aliphatic rings. The molecule has 0 aliphatic carbocycles. The molecule has 2 aromatic carbocycles. The Bertz CT molecular complexity index is 1070. The summed E-state index contributed by atoms with van der Waals surface area (Å²) in [7, 11) is 1.43. The van der Waals surface area contributed by atoms with Crippen molar-refractivity contribution >= 4 is 18.0 Å². The van der Waals surface area contributed by atoms with Crippen LogP contribution in [0, 0.1) is 11.3 Å². The molecule has 0 aromatic heterocycles. The van der Waals surface area contributed by atoms with Crippen LogP contribution in [0.2, 0.25) is 0 Å². The van der Waals surface area contributed by atoms with Gasteiger partial charge in [0.05, 0.1) is 7.11 Å². The second-order valence-electron chi connectivity index (χ2n) is 8.12. The largest absolute Gasteiger partial charge is 0.493 e. The molecule has 0 bridgehead atoms. The summed E-state index contributed by atoms with van der Waals surface area (Å²) >= 11 is 0. The number of nitriles is 1. The van der Waals surface area contributed by atoms with Crippen LogP contribution in [0.3, 0.4) is 0 Å². The van der Waals surface area contributed by atoms with Gasteiger partial charge in [-0.05, 0) is 46.9 Å². The van der Waals surface area contributed by atoms with Gasteiger partial charge < -0.3 is 19.5 Å². The number of nitrogens with zero attached hydrogens (tertiary/aromatic N) is 1. The van der Waals surface area contributed by atoms with E-state index in [0.29, 0.717) is 11.3 Å². The molecule has 0 heterocycles. The Kier molecular flexibility index (Phi) is 8.81. The lowest BCUT2D eigenvalue weighted by atomic mass is 9.87. The van der Waals surface area contributed by atoms with Gasteiger partial charge in [0.1, 0.15) is 17.4 Å². The smallest absolute Gasteiger partial charge is 0.349 e. The highest BCUT2D eigenvalue weighted by atomic mass is 16.6. The van der Waals surface area contributed by atoms with Crippen molar-refractivity contribution in [1.82, 2.24) is 5.32 Å². The van der Waals surface area contributed by atoms with Gasteiger partial charge in [-0.25, -0.2) is 4.79 Å². The van der Waals surface area contributed by atoms with E-state index in [4.69, 9.17) is 14.2 Å². The molecule has 0 saturated heterocycles. The highest BCUT2D eigenvalue weighted by Gasteiger charge is 2.15. The van der Waals surface area contributed by atoms with Crippen LogP contribution in [-0.2, 0) is 15.0 Å². The Labute approximate surface area is 194 Å². The number of amides is 1. The molecule has 0 saturated carbocycles. The van der Waals surface area contributed by atoms with Crippen molar-refractivity contribution in [2.45, 2.75) is 26.2 Å². The van der Waals surface area contributed by atoms with Crippen LogP contribution in [0.1, 0.15) is 31.9 Å². The van der Waals surface area contributed by atoms with E-state index in [9.17, 15) is 14.9 Å². The fraction of sp³-hybridized carbons (Fsp3) is 0.269. The summed E-state index contributed by atoms with van der Waals surface area (Å²) in [5.74, 6) is -0.0833. The summed E-state index contributed by atoms with van der Waals surface area (Å²) in [6.07, 6.45) is 2.93. The van der Waals surface area contributed by atoms with Crippen LogP contribution in [0.15, 0.2) is 60.7 Å². The maximum Gasteiger partial charge on any atom is 0.349 e. The van der Waals surface area contributed by atoms with Crippen LogP contribution in [0.4, 0.5) is 0 Å². The van der Waals surface area contributed by atoms with Crippen molar-refractivity contribution in [2.75, 3.05) is 20.3 Å². The second-order valence-corrected chi connectivity index (χ2v) is 8.12. The molecule has 0 aliphatic heterocycles. The molecule has 0 atom stereocenters. The van der Waals surface area contributed by atoms with Crippen LogP contribution in [-0.4, -0.2) is 32.1 Å². The van der Waals surface area contributed by atoms with E-state index in [1.807, 2.05) is 30.3 Å². The molecule has 0 radical (unpaired) electrons. The van der Waals surface area contributed by atoms with E-state index in [1.165, 1.54) is 25.3 Å². The number of carbonyl (C=O) groups is 2. The lowest BCUT2D eigenvalue weighted by Gasteiger charge is -2.19. The van der Waals surface area contributed by atoms with Crippen LogP contribution in [0.5, 0.6) is 17.2 Å². The molecule has 172 valence electrons. The normalized spacial score (nSPS) is 11.2. The fourth-order valence-corrected chi connectivity index (χ4v) is 2.78. The van der Waals surface area contributed by atoms with Crippen LogP contribution in [0.25, 0.3) is 6.08 Å². The minimum absolute atomic E-state index is 0.0265. The van der Waals surface area contributed by atoms with E-state index >= 15 is 0 Å². The van der Waals surface area contributed by atoms with Gasteiger partial charge >= 0.3 is 5.97 Å². The monoisotopic (exact) mass is 448 g/mol. The van der Waals surface area contributed by atoms with Gasteiger partial charge in [-0.2, -0.15) is 5.26 Å². The zero-order chi connectivity index (χ0) is 24.4. The quantitative estimate of drug-likeness (QED) is 0.203. The third-order valence-corrected chi connectivity index (χ3v) is 4.57.